The number of benzene rings is 1. The molecule has 0 spiro atoms. The summed E-state index contributed by atoms with van der Waals surface area (Å²) >= 11 is 0. The number of aliphatic hydroxyl groups is 1. The SMILES string of the molecule is CC(N)Cc1cccc(C(C)O)c1. The average Bonchev–Trinajstić information content (AvgIpc) is 2.03. The molecule has 0 aliphatic heterocycles. The van der Waals surface area contributed by atoms with Gasteiger partial charge in [-0.3, -0.25) is 0 Å². The Kier molecular flexibility index (Phi) is 3.46. The molecule has 2 unspecified atom stereocenters. The van der Waals surface area contributed by atoms with Crippen LogP contribution in [-0.2, 0) is 6.42 Å². The zero-order valence-electron chi connectivity index (χ0n) is 8.20. The van der Waals surface area contributed by atoms with Crippen molar-refractivity contribution < 1.29 is 5.11 Å². The Bertz CT molecular complexity index is 269. The Morgan fingerprint density at radius 2 is 2.08 bits per heavy atom. The third kappa shape index (κ3) is 3.17. The van der Waals surface area contributed by atoms with Gasteiger partial charge in [-0.15, -0.1) is 0 Å². The van der Waals surface area contributed by atoms with Gasteiger partial charge in [0.2, 0.25) is 0 Å². The highest BCUT2D eigenvalue weighted by atomic mass is 16.3. The van der Waals surface area contributed by atoms with E-state index in [9.17, 15) is 5.11 Å². The molecule has 0 saturated carbocycles. The van der Waals surface area contributed by atoms with E-state index >= 15 is 0 Å². The van der Waals surface area contributed by atoms with E-state index in [2.05, 4.69) is 0 Å². The van der Waals surface area contributed by atoms with Crippen LogP contribution in [0.15, 0.2) is 24.3 Å². The number of rotatable bonds is 3. The Balaban J connectivity index is 2.79. The van der Waals surface area contributed by atoms with Gasteiger partial charge in [0.1, 0.15) is 0 Å². The molecule has 0 saturated heterocycles. The molecule has 72 valence electrons. The summed E-state index contributed by atoms with van der Waals surface area (Å²) in [4.78, 5) is 0. The van der Waals surface area contributed by atoms with E-state index in [1.165, 1.54) is 5.56 Å². The molecule has 2 heteroatoms. The topological polar surface area (TPSA) is 46.2 Å². The lowest BCUT2D eigenvalue weighted by Gasteiger charge is -2.09. The zero-order chi connectivity index (χ0) is 9.84. The highest BCUT2D eigenvalue weighted by Gasteiger charge is 2.02. The number of hydrogen-bond acceptors (Lipinski definition) is 2. The molecular weight excluding hydrogens is 162 g/mol. The molecule has 0 bridgehead atoms. The predicted octanol–water partition coefficient (Wildman–Crippen LogP) is 1.63. The highest BCUT2D eigenvalue weighted by Crippen LogP contribution is 2.14. The second-order valence-electron chi connectivity index (χ2n) is 3.60. The zero-order valence-corrected chi connectivity index (χ0v) is 8.20. The van der Waals surface area contributed by atoms with Crippen LogP contribution < -0.4 is 5.73 Å². The summed E-state index contributed by atoms with van der Waals surface area (Å²) in [6.45, 7) is 3.75. The fourth-order valence-electron chi connectivity index (χ4n) is 1.35. The van der Waals surface area contributed by atoms with Crippen molar-refractivity contribution in [3.63, 3.8) is 0 Å². The van der Waals surface area contributed by atoms with Gasteiger partial charge in [0.25, 0.3) is 0 Å². The highest BCUT2D eigenvalue weighted by molar-refractivity contribution is 5.25. The van der Waals surface area contributed by atoms with E-state index in [0.29, 0.717) is 0 Å². The summed E-state index contributed by atoms with van der Waals surface area (Å²) < 4.78 is 0. The smallest absolute Gasteiger partial charge is 0.0762 e. The second-order valence-corrected chi connectivity index (χ2v) is 3.60. The van der Waals surface area contributed by atoms with Crippen molar-refractivity contribution in [2.24, 2.45) is 5.73 Å². The first-order valence-electron chi connectivity index (χ1n) is 4.62. The predicted molar refractivity (Wildman–Crippen MR) is 54.4 cm³/mol. The molecule has 0 aromatic heterocycles. The maximum Gasteiger partial charge on any atom is 0.0762 e. The van der Waals surface area contributed by atoms with Crippen LogP contribution in [0.25, 0.3) is 0 Å². The minimum atomic E-state index is -0.395. The molecule has 13 heavy (non-hydrogen) atoms. The maximum atomic E-state index is 9.35. The third-order valence-corrected chi connectivity index (χ3v) is 1.99. The maximum absolute atomic E-state index is 9.35. The first-order valence-corrected chi connectivity index (χ1v) is 4.62. The van der Waals surface area contributed by atoms with Crippen molar-refractivity contribution in [1.82, 2.24) is 0 Å². The van der Waals surface area contributed by atoms with Gasteiger partial charge in [-0.05, 0) is 31.4 Å². The minimum Gasteiger partial charge on any atom is -0.389 e. The average molecular weight is 179 g/mol. The van der Waals surface area contributed by atoms with Crippen LogP contribution in [0.3, 0.4) is 0 Å². The van der Waals surface area contributed by atoms with Gasteiger partial charge in [0.15, 0.2) is 0 Å². The summed E-state index contributed by atoms with van der Waals surface area (Å²) in [5.41, 5.74) is 7.83. The molecule has 0 aliphatic carbocycles. The minimum absolute atomic E-state index is 0.171. The summed E-state index contributed by atoms with van der Waals surface area (Å²) in [6.07, 6.45) is 0.466. The third-order valence-electron chi connectivity index (χ3n) is 1.99. The number of nitrogens with two attached hydrogens (primary N) is 1. The Morgan fingerprint density at radius 3 is 2.62 bits per heavy atom. The van der Waals surface area contributed by atoms with Crippen LogP contribution >= 0.6 is 0 Å². The quantitative estimate of drug-likeness (QED) is 0.740. The van der Waals surface area contributed by atoms with Gasteiger partial charge in [0, 0.05) is 6.04 Å². The first-order chi connectivity index (χ1) is 6.09. The molecule has 1 rings (SSSR count). The van der Waals surface area contributed by atoms with Gasteiger partial charge in [0.05, 0.1) is 6.10 Å². The molecule has 2 atom stereocenters. The van der Waals surface area contributed by atoms with Crippen LogP contribution in [0.4, 0.5) is 0 Å². The molecular formula is C11H17NO. The number of aliphatic hydroxyl groups excluding tert-OH is 1. The summed E-state index contributed by atoms with van der Waals surface area (Å²) in [5.74, 6) is 0. The molecule has 0 amide bonds. The molecule has 0 aliphatic rings. The lowest BCUT2D eigenvalue weighted by atomic mass is 10.0. The van der Waals surface area contributed by atoms with Crippen LogP contribution in [-0.4, -0.2) is 11.1 Å². The van der Waals surface area contributed by atoms with Gasteiger partial charge in [-0.1, -0.05) is 24.3 Å². The molecule has 1 aromatic rings. The Morgan fingerprint density at radius 1 is 1.38 bits per heavy atom. The van der Waals surface area contributed by atoms with E-state index < -0.39 is 6.10 Å². The second kappa shape index (κ2) is 4.40. The van der Waals surface area contributed by atoms with Gasteiger partial charge >= 0.3 is 0 Å². The lowest BCUT2D eigenvalue weighted by molar-refractivity contribution is 0.199. The van der Waals surface area contributed by atoms with Crippen molar-refractivity contribution in [2.45, 2.75) is 32.4 Å². The Hall–Kier alpha value is -0.860. The largest absolute Gasteiger partial charge is 0.389 e. The van der Waals surface area contributed by atoms with E-state index in [-0.39, 0.29) is 6.04 Å². The number of hydrogen-bond donors (Lipinski definition) is 2. The van der Waals surface area contributed by atoms with E-state index in [0.717, 1.165) is 12.0 Å². The summed E-state index contributed by atoms with van der Waals surface area (Å²) in [7, 11) is 0. The first kappa shape index (κ1) is 10.2. The molecule has 0 heterocycles. The van der Waals surface area contributed by atoms with Gasteiger partial charge in [-0.2, -0.15) is 0 Å². The summed E-state index contributed by atoms with van der Waals surface area (Å²) in [6, 6.07) is 8.10. The van der Waals surface area contributed by atoms with Crippen molar-refractivity contribution in [1.29, 1.82) is 0 Å². The van der Waals surface area contributed by atoms with Crippen LogP contribution in [0.1, 0.15) is 31.1 Å². The molecule has 2 nitrogen and oxygen atoms in total. The summed E-state index contributed by atoms with van der Waals surface area (Å²) in [5, 5.41) is 9.35. The molecule has 3 N–H and O–H groups in total. The van der Waals surface area contributed by atoms with Crippen molar-refractivity contribution >= 4 is 0 Å². The van der Waals surface area contributed by atoms with Crippen LogP contribution in [0, 0.1) is 0 Å². The lowest BCUT2D eigenvalue weighted by Crippen LogP contribution is -2.17. The fourth-order valence-corrected chi connectivity index (χ4v) is 1.35. The van der Waals surface area contributed by atoms with E-state index in [1.807, 2.05) is 31.2 Å². The van der Waals surface area contributed by atoms with E-state index in [4.69, 9.17) is 5.73 Å². The van der Waals surface area contributed by atoms with Gasteiger partial charge < -0.3 is 10.8 Å². The standard InChI is InChI=1S/C11H17NO/c1-8(12)6-10-4-3-5-11(7-10)9(2)13/h3-5,7-9,13H,6,12H2,1-2H3. The van der Waals surface area contributed by atoms with Crippen molar-refractivity contribution in [3.8, 4) is 0 Å². The van der Waals surface area contributed by atoms with E-state index in [1.54, 1.807) is 6.92 Å². The molecule has 1 aromatic carbocycles. The molecule has 0 fully saturated rings. The molecule has 0 radical (unpaired) electrons. The van der Waals surface area contributed by atoms with Crippen LogP contribution in [0.5, 0.6) is 0 Å². The van der Waals surface area contributed by atoms with Crippen LogP contribution in [0.2, 0.25) is 0 Å². The van der Waals surface area contributed by atoms with Crippen molar-refractivity contribution in [2.75, 3.05) is 0 Å². The van der Waals surface area contributed by atoms with Gasteiger partial charge in [-0.25, -0.2) is 0 Å². The monoisotopic (exact) mass is 179 g/mol. The fraction of sp³-hybridized carbons (Fsp3) is 0.455. The Labute approximate surface area is 79.4 Å². The van der Waals surface area contributed by atoms with Crippen molar-refractivity contribution in [3.05, 3.63) is 35.4 Å². The normalized spacial score (nSPS) is 15.4.